The predicted molar refractivity (Wildman–Crippen MR) is 102 cm³/mol. The van der Waals surface area contributed by atoms with Crippen molar-refractivity contribution in [3.05, 3.63) is 65.2 Å². The van der Waals surface area contributed by atoms with Crippen LogP contribution in [0.5, 0.6) is 0 Å². The van der Waals surface area contributed by atoms with Crippen molar-refractivity contribution < 1.29 is 9.18 Å². The molecule has 0 saturated carbocycles. The highest BCUT2D eigenvalue weighted by Gasteiger charge is 2.16. The van der Waals surface area contributed by atoms with Crippen LogP contribution in [0.15, 0.2) is 42.5 Å². The van der Waals surface area contributed by atoms with Gasteiger partial charge in [0.15, 0.2) is 5.82 Å². The highest BCUT2D eigenvalue weighted by molar-refractivity contribution is 6.04. The highest BCUT2D eigenvalue weighted by atomic mass is 19.1. The van der Waals surface area contributed by atoms with Crippen molar-refractivity contribution in [3.63, 3.8) is 0 Å². The van der Waals surface area contributed by atoms with Crippen LogP contribution in [0, 0.1) is 12.7 Å². The van der Waals surface area contributed by atoms with Gasteiger partial charge in [-0.15, -0.1) is 10.2 Å². The van der Waals surface area contributed by atoms with E-state index in [1.54, 1.807) is 19.1 Å². The molecular formula is C21H21FN4O. The fourth-order valence-corrected chi connectivity index (χ4v) is 3.37. The Hall–Kier alpha value is -3.02. The summed E-state index contributed by atoms with van der Waals surface area (Å²) in [6.45, 7) is 2.58. The number of nitrogens with zero attached hydrogens (tertiary/aromatic N) is 3. The fraction of sp³-hybridized carbons (Fsp3) is 0.286. The topological polar surface area (TPSA) is 59.8 Å². The third kappa shape index (κ3) is 3.60. The quantitative estimate of drug-likeness (QED) is 0.751. The molecule has 0 bridgehead atoms. The lowest BCUT2D eigenvalue weighted by atomic mass is 10.1. The number of carbonyl (C=O) groups is 1. The number of hydrogen-bond donors (Lipinski definition) is 1. The van der Waals surface area contributed by atoms with Crippen molar-refractivity contribution in [2.75, 3.05) is 5.32 Å². The van der Waals surface area contributed by atoms with Crippen molar-refractivity contribution >= 4 is 11.6 Å². The van der Waals surface area contributed by atoms with E-state index in [1.807, 2.05) is 24.3 Å². The summed E-state index contributed by atoms with van der Waals surface area (Å²) in [7, 11) is 0. The molecule has 5 nitrogen and oxygen atoms in total. The zero-order valence-corrected chi connectivity index (χ0v) is 15.2. The van der Waals surface area contributed by atoms with Crippen molar-refractivity contribution in [3.8, 4) is 11.4 Å². The maximum Gasteiger partial charge on any atom is 0.255 e. The minimum Gasteiger partial charge on any atom is -0.322 e. The van der Waals surface area contributed by atoms with Crippen LogP contribution < -0.4 is 5.32 Å². The van der Waals surface area contributed by atoms with Gasteiger partial charge in [0.2, 0.25) is 0 Å². The Kier molecular flexibility index (Phi) is 4.71. The number of anilines is 1. The monoisotopic (exact) mass is 364 g/mol. The Balaban J connectivity index is 1.59. The largest absolute Gasteiger partial charge is 0.322 e. The van der Waals surface area contributed by atoms with Gasteiger partial charge in [-0.1, -0.05) is 24.6 Å². The summed E-state index contributed by atoms with van der Waals surface area (Å²) < 4.78 is 15.9. The molecule has 1 aromatic heterocycles. The molecule has 1 aliphatic rings. The first-order valence-electron chi connectivity index (χ1n) is 9.22. The van der Waals surface area contributed by atoms with Crippen molar-refractivity contribution in [1.29, 1.82) is 0 Å². The van der Waals surface area contributed by atoms with E-state index in [2.05, 4.69) is 20.1 Å². The van der Waals surface area contributed by atoms with Crippen molar-refractivity contribution in [2.45, 2.75) is 39.2 Å². The average Bonchev–Trinajstić information content (AvgIpc) is 2.92. The maximum absolute atomic E-state index is 13.7. The third-order valence-electron chi connectivity index (χ3n) is 4.92. The SMILES string of the molecule is Cc1ccc(C(=O)Nc2cccc(-c3nnc4n3CCCCC4)c2)cc1F. The van der Waals surface area contributed by atoms with Gasteiger partial charge >= 0.3 is 0 Å². The molecule has 27 heavy (non-hydrogen) atoms. The van der Waals surface area contributed by atoms with Gasteiger partial charge in [0.25, 0.3) is 5.91 Å². The first-order valence-corrected chi connectivity index (χ1v) is 9.22. The Morgan fingerprint density at radius 3 is 2.85 bits per heavy atom. The fourth-order valence-electron chi connectivity index (χ4n) is 3.37. The molecule has 0 unspecified atom stereocenters. The summed E-state index contributed by atoms with van der Waals surface area (Å²) in [6.07, 6.45) is 4.41. The number of rotatable bonds is 3. The normalized spacial score (nSPS) is 13.7. The molecule has 4 rings (SSSR count). The second-order valence-electron chi connectivity index (χ2n) is 6.90. The third-order valence-corrected chi connectivity index (χ3v) is 4.92. The van der Waals surface area contributed by atoms with E-state index in [9.17, 15) is 9.18 Å². The number of fused-ring (bicyclic) bond motifs is 1. The second kappa shape index (κ2) is 7.31. The van der Waals surface area contributed by atoms with Crippen molar-refractivity contribution in [2.24, 2.45) is 0 Å². The molecule has 0 atom stereocenters. The standard InChI is InChI=1S/C21H21FN4O/c1-14-9-10-16(13-18(14)22)21(27)23-17-7-5-6-15(12-17)20-25-24-19-8-3-2-4-11-26(19)20/h5-7,9-10,12-13H,2-4,8,11H2,1H3,(H,23,27). The van der Waals surface area contributed by atoms with Crippen LogP contribution in [0.4, 0.5) is 10.1 Å². The summed E-state index contributed by atoms with van der Waals surface area (Å²) >= 11 is 0. The molecule has 3 aromatic rings. The molecule has 0 saturated heterocycles. The van der Waals surface area contributed by atoms with Crippen molar-refractivity contribution in [1.82, 2.24) is 14.8 Å². The average molecular weight is 364 g/mol. The molecule has 1 amide bonds. The van der Waals surface area contributed by atoms with Crippen LogP contribution in [0.1, 0.15) is 41.0 Å². The lowest BCUT2D eigenvalue weighted by Crippen LogP contribution is -2.12. The van der Waals surface area contributed by atoms with Crippen LogP contribution >= 0.6 is 0 Å². The van der Waals surface area contributed by atoms with E-state index in [1.165, 1.54) is 12.5 Å². The number of benzene rings is 2. The van der Waals surface area contributed by atoms with E-state index in [4.69, 9.17) is 0 Å². The zero-order valence-electron chi connectivity index (χ0n) is 15.2. The van der Waals surface area contributed by atoms with E-state index >= 15 is 0 Å². The number of aromatic nitrogens is 3. The molecule has 0 fully saturated rings. The second-order valence-corrected chi connectivity index (χ2v) is 6.90. The Morgan fingerprint density at radius 2 is 2.00 bits per heavy atom. The van der Waals surface area contributed by atoms with Gasteiger partial charge in [-0.05, 0) is 49.6 Å². The summed E-state index contributed by atoms with van der Waals surface area (Å²) in [6, 6.07) is 12.0. The zero-order chi connectivity index (χ0) is 18.8. The van der Waals surface area contributed by atoms with Gasteiger partial charge in [-0.25, -0.2) is 4.39 Å². The summed E-state index contributed by atoms with van der Waals surface area (Å²) in [4.78, 5) is 12.4. The number of nitrogens with one attached hydrogen (secondary N) is 1. The number of hydrogen-bond acceptors (Lipinski definition) is 3. The lowest BCUT2D eigenvalue weighted by molar-refractivity contribution is 0.102. The minimum atomic E-state index is -0.387. The summed E-state index contributed by atoms with van der Waals surface area (Å²) in [5, 5.41) is 11.5. The first-order chi connectivity index (χ1) is 13.1. The number of amides is 1. The molecule has 6 heteroatoms. The number of halogens is 1. The van der Waals surface area contributed by atoms with Crippen LogP contribution in [0.25, 0.3) is 11.4 Å². The van der Waals surface area contributed by atoms with Crippen LogP contribution in [-0.2, 0) is 13.0 Å². The number of aryl methyl sites for hydroxylation is 2. The van der Waals surface area contributed by atoms with Crippen LogP contribution in [-0.4, -0.2) is 20.7 Å². The minimum absolute atomic E-state index is 0.292. The van der Waals surface area contributed by atoms with E-state index in [-0.39, 0.29) is 11.7 Å². The van der Waals surface area contributed by atoms with Gasteiger partial charge in [0.1, 0.15) is 11.6 Å². The predicted octanol–water partition coefficient (Wildman–Crippen LogP) is 4.37. The summed E-state index contributed by atoms with van der Waals surface area (Å²) in [5.41, 5.74) is 2.36. The summed E-state index contributed by atoms with van der Waals surface area (Å²) in [5.74, 6) is 1.12. The Labute approximate surface area is 157 Å². The Bertz CT molecular complexity index is 996. The van der Waals surface area contributed by atoms with Gasteiger partial charge in [0, 0.05) is 29.8 Å². The maximum atomic E-state index is 13.7. The molecule has 0 aliphatic carbocycles. The molecule has 0 radical (unpaired) electrons. The molecule has 2 aromatic carbocycles. The molecule has 1 aliphatic heterocycles. The number of carbonyl (C=O) groups excluding carboxylic acids is 1. The van der Waals surface area contributed by atoms with Gasteiger partial charge in [-0.3, -0.25) is 4.79 Å². The molecule has 2 heterocycles. The van der Waals surface area contributed by atoms with Gasteiger partial charge < -0.3 is 9.88 Å². The van der Waals surface area contributed by atoms with Gasteiger partial charge in [0.05, 0.1) is 0 Å². The molecule has 138 valence electrons. The lowest BCUT2D eigenvalue weighted by Gasteiger charge is -2.10. The van der Waals surface area contributed by atoms with E-state index in [0.29, 0.717) is 16.8 Å². The van der Waals surface area contributed by atoms with Crippen LogP contribution in [0.3, 0.4) is 0 Å². The van der Waals surface area contributed by atoms with Crippen LogP contribution in [0.2, 0.25) is 0 Å². The highest BCUT2D eigenvalue weighted by Crippen LogP contribution is 2.25. The molecule has 1 N–H and O–H groups in total. The smallest absolute Gasteiger partial charge is 0.255 e. The first kappa shape index (κ1) is 17.4. The molecular weight excluding hydrogens is 343 g/mol. The van der Waals surface area contributed by atoms with E-state index < -0.39 is 0 Å². The van der Waals surface area contributed by atoms with E-state index in [0.717, 1.165) is 43.0 Å². The molecule has 0 spiro atoms. The van der Waals surface area contributed by atoms with Gasteiger partial charge in [-0.2, -0.15) is 0 Å². The Morgan fingerprint density at radius 1 is 1.11 bits per heavy atom.